The average molecular weight is 449 g/mol. The Morgan fingerprint density at radius 2 is 2.03 bits per heavy atom. The minimum Gasteiger partial charge on any atom is -0.858 e. The molecule has 0 radical (unpaired) electrons. The average Bonchev–Trinajstić information content (AvgIpc) is 3.26. The van der Waals surface area contributed by atoms with Crippen molar-refractivity contribution in [1.29, 1.82) is 5.26 Å². The van der Waals surface area contributed by atoms with Gasteiger partial charge in [0.2, 0.25) is 0 Å². The molecule has 0 aliphatic heterocycles. The highest BCUT2D eigenvalue weighted by Gasteiger charge is 2.31. The van der Waals surface area contributed by atoms with Gasteiger partial charge in [-0.3, -0.25) is 9.52 Å². The number of aliphatic imine (C=N–C) groups is 1. The fourth-order valence-electron chi connectivity index (χ4n) is 3.39. The summed E-state index contributed by atoms with van der Waals surface area (Å²) in [5, 5.41) is 25.3. The SMILES string of the molecule is CC(C)c1ccc(N=C([O-])c2sc3nc(N)c(C#N)c(-c4c(=O)o[nH][n+]4C)c3c2N)cc1. The van der Waals surface area contributed by atoms with Gasteiger partial charge in [-0.1, -0.05) is 30.7 Å². The molecule has 4 rings (SSSR count). The molecule has 0 saturated heterocycles. The van der Waals surface area contributed by atoms with Gasteiger partial charge in [-0.25, -0.2) is 9.78 Å². The van der Waals surface area contributed by atoms with E-state index in [4.69, 9.17) is 16.0 Å². The molecule has 1 aromatic carbocycles. The maximum Gasteiger partial charge on any atom is 0.435 e. The normalized spacial score (nSPS) is 11.9. The molecule has 0 fully saturated rings. The number of fused-ring (bicyclic) bond motifs is 1. The molecule has 0 amide bonds. The smallest absolute Gasteiger partial charge is 0.435 e. The van der Waals surface area contributed by atoms with E-state index < -0.39 is 11.5 Å². The number of aromatic nitrogens is 3. The lowest BCUT2D eigenvalue weighted by atomic mass is 10.0. The summed E-state index contributed by atoms with van der Waals surface area (Å²) in [5.41, 5.74) is 13.4. The van der Waals surface area contributed by atoms with Crippen molar-refractivity contribution < 1.29 is 14.3 Å². The van der Waals surface area contributed by atoms with Crippen molar-refractivity contribution in [2.24, 2.45) is 12.0 Å². The summed E-state index contributed by atoms with van der Waals surface area (Å²) in [6, 6.07) is 9.31. The van der Waals surface area contributed by atoms with Gasteiger partial charge in [0, 0.05) is 5.90 Å². The minimum absolute atomic E-state index is 0.0327. The molecule has 0 aliphatic rings. The Morgan fingerprint density at radius 1 is 1.34 bits per heavy atom. The number of pyridine rings is 1. The number of hydrogen-bond donors (Lipinski definition) is 3. The van der Waals surface area contributed by atoms with Crippen molar-refractivity contribution in [2.75, 3.05) is 11.5 Å². The van der Waals surface area contributed by atoms with Crippen LogP contribution in [-0.4, -0.2) is 16.2 Å². The summed E-state index contributed by atoms with van der Waals surface area (Å²) >= 11 is 0.995. The Labute approximate surface area is 186 Å². The van der Waals surface area contributed by atoms with E-state index in [0.717, 1.165) is 16.9 Å². The van der Waals surface area contributed by atoms with E-state index in [0.29, 0.717) is 16.4 Å². The molecule has 0 spiro atoms. The van der Waals surface area contributed by atoms with Crippen LogP contribution in [0.1, 0.15) is 35.8 Å². The van der Waals surface area contributed by atoms with Gasteiger partial charge < -0.3 is 16.6 Å². The van der Waals surface area contributed by atoms with Gasteiger partial charge in [0.15, 0.2) is 7.05 Å². The van der Waals surface area contributed by atoms with Crippen LogP contribution >= 0.6 is 11.3 Å². The second kappa shape index (κ2) is 7.82. The van der Waals surface area contributed by atoms with Crippen molar-refractivity contribution in [1.82, 2.24) is 10.3 Å². The third-order valence-corrected chi connectivity index (χ3v) is 6.13. The molecule has 0 aliphatic carbocycles. The zero-order chi connectivity index (χ0) is 23.2. The number of nitriles is 1. The maximum atomic E-state index is 12.9. The van der Waals surface area contributed by atoms with Crippen LogP contribution in [0.3, 0.4) is 0 Å². The molecular formula is C21H19N7O3S. The second-order valence-electron chi connectivity index (χ2n) is 7.44. The highest BCUT2D eigenvalue weighted by Crippen LogP contribution is 2.41. The predicted molar refractivity (Wildman–Crippen MR) is 119 cm³/mol. The van der Waals surface area contributed by atoms with Crippen LogP contribution in [0.5, 0.6) is 0 Å². The van der Waals surface area contributed by atoms with Crippen molar-refractivity contribution in [2.45, 2.75) is 19.8 Å². The Morgan fingerprint density at radius 3 is 2.59 bits per heavy atom. The number of hydrogen-bond acceptors (Lipinski definition) is 9. The van der Waals surface area contributed by atoms with E-state index in [9.17, 15) is 15.2 Å². The quantitative estimate of drug-likeness (QED) is 0.241. The Hall–Kier alpha value is -4.17. The lowest BCUT2D eigenvalue weighted by molar-refractivity contribution is -0.730. The lowest BCUT2D eigenvalue weighted by Crippen LogP contribution is -2.34. The van der Waals surface area contributed by atoms with E-state index >= 15 is 0 Å². The second-order valence-corrected chi connectivity index (χ2v) is 8.43. The number of thiophene rings is 1. The molecule has 0 saturated carbocycles. The van der Waals surface area contributed by atoms with E-state index in [-0.39, 0.29) is 38.6 Å². The third-order valence-electron chi connectivity index (χ3n) is 5.04. The molecular weight excluding hydrogens is 430 g/mol. The predicted octanol–water partition coefficient (Wildman–Crippen LogP) is 1.67. The third kappa shape index (κ3) is 3.36. The molecule has 0 bridgehead atoms. The van der Waals surface area contributed by atoms with E-state index in [1.165, 1.54) is 11.7 Å². The van der Waals surface area contributed by atoms with Crippen molar-refractivity contribution >= 4 is 44.6 Å². The van der Waals surface area contributed by atoms with Crippen LogP contribution in [0.2, 0.25) is 0 Å². The number of nitrogen functional groups attached to an aromatic ring is 2. The highest BCUT2D eigenvalue weighted by molar-refractivity contribution is 7.21. The van der Waals surface area contributed by atoms with Gasteiger partial charge in [0.05, 0.1) is 27.2 Å². The first kappa shape index (κ1) is 21.1. The van der Waals surface area contributed by atoms with Crippen LogP contribution in [0, 0.1) is 11.3 Å². The summed E-state index contributed by atoms with van der Waals surface area (Å²) < 4.78 is 6.13. The maximum absolute atomic E-state index is 12.9. The van der Waals surface area contributed by atoms with Gasteiger partial charge in [-0.15, -0.1) is 11.3 Å². The summed E-state index contributed by atoms with van der Waals surface area (Å²) in [4.78, 5) is 21.1. The van der Waals surface area contributed by atoms with Gasteiger partial charge >= 0.3 is 11.3 Å². The molecule has 162 valence electrons. The number of nitrogens with zero attached hydrogens (tertiary/aromatic N) is 4. The van der Waals surface area contributed by atoms with Crippen molar-refractivity contribution in [3.63, 3.8) is 0 Å². The van der Waals surface area contributed by atoms with Gasteiger partial charge in [-0.05, 0) is 28.9 Å². The number of rotatable bonds is 4. The molecule has 4 aromatic rings. The summed E-state index contributed by atoms with van der Waals surface area (Å²) in [6.07, 6.45) is 0. The van der Waals surface area contributed by atoms with Crippen LogP contribution in [-0.2, 0) is 7.05 Å². The van der Waals surface area contributed by atoms with Crippen LogP contribution < -0.4 is 26.9 Å². The van der Waals surface area contributed by atoms with E-state index in [2.05, 4.69) is 29.1 Å². The first-order valence-electron chi connectivity index (χ1n) is 9.58. The molecule has 3 aromatic heterocycles. The number of aryl methyl sites for hydroxylation is 1. The molecule has 11 heteroatoms. The van der Waals surface area contributed by atoms with Crippen LogP contribution in [0.15, 0.2) is 38.6 Å². The zero-order valence-electron chi connectivity index (χ0n) is 17.5. The van der Waals surface area contributed by atoms with Gasteiger partial charge in [0.1, 0.15) is 22.3 Å². The van der Waals surface area contributed by atoms with Gasteiger partial charge in [0.25, 0.3) is 0 Å². The van der Waals surface area contributed by atoms with Crippen molar-refractivity contribution in [3.05, 3.63) is 50.7 Å². The number of H-pyrrole nitrogens is 1. The highest BCUT2D eigenvalue weighted by atomic mass is 32.1. The largest absolute Gasteiger partial charge is 0.858 e. The zero-order valence-corrected chi connectivity index (χ0v) is 18.3. The fraction of sp³-hybridized carbons (Fsp3) is 0.190. The number of aromatic amines is 1. The van der Waals surface area contributed by atoms with Gasteiger partial charge in [-0.2, -0.15) is 5.26 Å². The number of nitrogens with one attached hydrogen (secondary N) is 1. The van der Waals surface area contributed by atoms with Crippen LogP contribution in [0.25, 0.3) is 21.5 Å². The first-order chi connectivity index (χ1) is 15.2. The first-order valence-corrected chi connectivity index (χ1v) is 10.4. The van der Waals surface area contributed by atoms with Crippen molar-refractivity contribution in [3.8, 4) is 17.3 Å². The fourth-order valence-corrected chi connectivity index (χ4v) is 4.39. The lowest BCUT2D eigenvalue weighted by Gasteiger charge is -2.10. The monoisotopic (exact) mass is 449 g/mol. The summed E-state index contributed by atoms with van der Waals surface area (Å²) in [5.74, 6) is -0.289. The summed E-state index contributed by atoms with van der Waals surface area (Å²) in [6.45, 7) is 4.15. The standard InChI is InChI=1S/C21H19N7O3S/c1-9(2)10-4-6-11(7-5-10)25-19(29)17-15(23)14-13(16-21(30)31-27-28(16)3)12(8-22)18(24)26-20(14)32-17/h4-7,9H,1-3H3,(H5-,23,24,25,26,27,29,30). The minimum atomic E-state index is -0.718. The molecule has 32 heavy (non-hydrogen) atoms. The number of nitrogens with two attached hydrogens (primary N) is 2. The number of anilines is 2. The number of benzene rings is 1. The Balaban J connectivity index is 1.94. The molecule has 10 nitrogen and oxygen atoms in total. The molecule has 0 unspecified atom stereocenters. The molecule has 5 N–H and O–H groups in total. The van der Waals surface area contributed by atoms with Crippen LogP contribution in [0.4, 0.5) is 17.2 Å². The molecule has 3 heterocycles. The Bertz CT molecular complexity index is 1470. The Kier molecular flexibility index (Phi) is 5.15. The topological polar surface area (TPSA) is 174 Å². The van der Waals surface area contributed by atoms with E-state index in [1.54, 1.807) is 12.1 Å². The van der Waals surface area contributed by atoms with E-state index in [1.807, 2.05) is 18.2 Å². The summed E-state index contributed by atoms with van der Waals surface area (Å²) in [7, 11) is 1.54. The molecule has 0 atom stereocenters.